The van der Waals surface area contributed by atoms with E-state index in [0.29, 0.717) is 23.0 Å². The van der Waals surface area contributed by atoms with Gasteiger partial charge in [0.2, 0.25) is 17.6 Å². The lowest BCUT2D eigenvalue weighted by molar-refractivity contribution is 0.175. The van der Waals surface area contributed by atoms with Crippen LogP contribution in [0.5, 0.6) is 11.6 Å². The van der Waals surface area contributed by atoms with Gasteiger partial charge in [-0.1, -0.05) is 17.3 Å². The van der Waals surface area contributed by atoms with E-state index in [1.165, 1.54) is 0 Å². The van der Waals surface area contributed by atoms with Gasteiger partial charge in [-0.15, -0.1) is 0 Å². The van der Waals surface area contributed by atoms with Gasteiger partial charge in [0.25, 0.3) is 0 Å². The number of amides is 1. The van der Waals surface area contributed by atoms with Crippen molar-refractivity contribution in [1.82, 2.24) is 30.6 Å². The number of rotatable bonds is 8. The molecule has 0 radical (unpaired) electrons. The minimum Gasteiger partial charge on any atom is -0.465 e. The molecule has 0 saturated carbocycles. The van der Waals surface area contributed by atoms with E-state index in [0.717, 1.165) is 11.3 Å². The molecule has 0 aliphatic rings. The van der Waals surface area contributed by atoms with Crippen LogP contribution >= 0.6 is 0 Å². The monoisotopic (exact) mass is 422 g/mol. The highest BCUT2D eigenvalue weighted by molar-refractivity contribution is 5.65. The first-order chi connectivity index (χ1) is 15.1. The van der Waals surface area contributed by atoms with Crippen molar-refractivity contribution in [3.63, 3.8) is 0 Å². The maximum atomic E-state index is 10.7. The average Bonchev–Trinajstić information content (AvgIpc) is 3.46. The number of pyridine rings is 1. The summed E-state index contributed by atoms with van der Waals surface area (Å²) in [5, 5.41) is 30.9. The zero-order valence-electron chi connectivity index (χ0n) is 16.1. The molecule has 158 valence electrons. The summed E-state index contributed by atoms with van der Waals surface area (Å²) in [7, 11) is 0. The first-order valence-electron chi connectivity index (χ1n) is 9.27. The molecule has 0 aliphatic heterocycles. The lowest BCUT2D eigenvalue weighted by atomic mass is 10.2. The second-order valence-corrected chi connectivity index (χ2v) is 6.53. The fraction of sp³-hybridized carbons (Fsp3) is 0.150. The summed E-state index contributed by atoms with van der Waals surface area (Å²) in [5.41, 5.74) is 2.39. The molecule has 4 aromatic rings. The molecule has 1 atom stereocenters. The predicted octanol–water partition coefficient (Wildman–Crippen LogP) is 2.48. The first kappa shape index (κ1) is 20.0. The van der Waals surface area contributed by atoms with Crippen molar-refractivity contribution < 1.29 is 24.3 Å². The number of ether oxygens (including phenoxy) is 1. The minimum atomic E-state index is -1.24. The summed E-state index contributed by atoms with van der Waals surface area (Å²) in [5.74, 6) is 1.46. The Hall–Kier alpha value is -4.25. The number of aliphatic hydroxyl groups is 1. The number of nitrogens with one attached hydrogen (secondary N) is 2. The zero-order valence-corrected chi connectivity index (χ0v) is 16.1. The molecule has 3 aromatic heterocycles. The summed E-state index contributed by atoms with van der Waals surface area (Å²) in [6.45, 7) is -0.389. The largest absolute Gasteiger partial charge is 0.465 e. The van der Waals surface area contributed by atoms with Crippen LogP contribution in [0.4, 0.5) is 4.79 Å². The molecule has 4 rings (SSSR count). The Kier molecular flexibility index (Phi) is 5.85. The normalized spacial score (nSPS) is 11.8. The third-order valence-electron chi connectivity index (χ3n) is 4.30. The Morgan fingerprint density at radius 2 is 2.13 bits per heavy atom. The van der Waals surface area contributed by atoms with Gasteiger partial charge in [-0.05, 0) is 24.3 Å². The van der Waals surface area contributed by atoms with Gasteiger partial charge in [0.05, 0.1) is 18.3 Å². The lowest BCUT2D eigenvalue weighted by Gasteiger charge is -2.10. The number of aromatic nitrogens is 5. The minimum absolute atomic E-state index is 0.0680. The molecule has 0 unspecified atom stereocenters. The Balaban J connectivity index is 1.45. The Morgan fingerprint density at radius 3 is 2.84 bits per heavy atom. The van der Waals surface area contributed by atoms with Crippen LogP contribution in [0, 0.1) is 0 Å². The quantitative estimate of drug-likeness (QED) is 0.334. The molecular formula is C20H18N6O5. The smallest absolute Gasteiger partial charge is 0.404 e. The van der Waals surface area contributed by atoms with Gasteiger partial charge in [0, 0.05) is 36.0 Å². The predicted molar refractivity (Wildman–Crippen MR) is 107 cm³/mol. The van der Waals surface area contributed by atoms with Crippen molar-refractivity contribution in [2.75, 3.05) is 6.61 Å². The number of carboxylic acid groups (broad SMARTS) is 1. The summed E-state index contributed by atoms with van der Waals surface area (Å²) in [4.78, 5) is 19.3. The molecule has 1 amide bonds. The van der Waals surface area contributed by atoms with E-state index in [1.54, 1.807) is 42.7 Å². The van der Waals surface area contributed by atoms with E-state index in [1.807, 2.05) is 12.1 Å². The number of aromatic amines is 1. The number of nitrogens with zero attached hydrogens (tertiary/aromatic N) is 4. The van der Waals surface area contributed by atoms with Crippen molar-refractivity contribution in [2.24, 2.45) is 0 Å². The standard InChI is InChI=1S/C20H18N6O5/c27-11-14(23-20(28)29)9-18-24-19(26-31-18)12-2-1-3-15(8-12)30-17-5-4-13(10-21-17)16-6-7-22-25-16/h1-8,10,14,23,27H,9,11H2,(H,22,25)(H,28,29)/t14-/m0/s1. The summed E-state index contributed by atoms with van der Waals surface area (Å²) < 4.78 is 11.0. The molecule has 4 N–H and O–H groups in total. The molecule has 11 nitrogen and oxygen atoms in total. The number of benzene rings is 1. The van der Waals surface area contributed by atoms with E-state index in [2.05, 4.69) is 30.6 Å². The Morgan fingerprint density at radius 1 is 1.23 bits per heavy atom. The van der Waals surface area contributed by atoms with E-state index in [-0.39, 0.29) is 18.9 Å². The van der Waals surface area contributed by atoms with E-state index < -0.39 is 12.1 Å². The second kappa shape index (κ2) is 9.05. The molecule has 3 heterocycles. The molecule has 31 heavy (non-hydrogen) atoms. The first-order valence-corrected chi connectivity index (χ1v) is 9.27. The van der Waals surface area contributed by atoms with Crippen molar-refractivity contribution in [3.05, 3.63) is 60.7 Å². The SMILES string of the molecule is O=C(O)N[C@H](CO)Cc1nc(-c2cccc(Oc3ccc(-c4ccn[nH]4)cn3)c2)no1. The number of hydrogen-bond donors (Lipinski definition) is 4. The topological polar surface area (TPSA) is 159 Å². The maximum absolute atomic E-state index is 10.7. The van der Waals surface area contributed by atoms with Gasteiger partial charge >= 0.3 is 6.09 Å². The molecule has 0 fully saturated rings. The molecule has 0 saturated heterocycles. The zero-order chi connectivity index (χ0) is 21.6. The van der Waals surface area contributed by atoms with Gasteiger partial charge in [-0.25, -0.2) is 9.78 Å². The van der Waals surface area contributed by atoms with E-state index in [4.69, 9.17) is 14.4 Å². The van der Waals surface area contributed by atoms with Crippen LogP contribution in [-0.4, -0.2) is 54.3 Å². The van der Waals surface area contributed by atoms with Crippen LogP contribution < -0.4 is 10.1 Å². The van der Waals surface area contributed by atoms with Gasteiger partial charge in [0.1, 0.15) is 5.75 Å². The van der Waals surface area contributed by atoms with Crippen LogP contribution in [0.15, 0.2) is 59.4 Å². The van der Waals surface area contributed by atoms with Gasteiger partial charge < -0.3 is 24.8 Å². The summed E-state index contributed by atoms with van der Waals surface area (Å²) in [6.07, 6.45) is 2.18. The molecule has 0 aliphatic carbocycles. The van der Waals surface area contributed by atoms with Gasteiger partial charge in [-0.3, -0.25) is 5.10 Å². The number of aliphatic hydroxyl groups excluding tert-OH is 1. The fourth-order valence-electron chi connectivity index (χ4n) is 2.84. The maximum Gasteiger partial charge on any atom is 0.404 e. The molecule has 1 aromatic carbocycles. The lowest BCUT2D eigenvalue weighted by Crippen LogP contribution is -2.38. The Bertz CT molecular complexity index is 1140. The summed E-state index contributed by atoms with van der Waals surface area (Å²) >= 11 is 0. The molecule has 11 heteroatoms. The second-order valence-electron chi connectivity index (χ2n) is 6.53. The third kappa shape index (κ3) is 5.03. The Labute approximate surface area is 175 Å². The van der Waals surface area contributed by atoms with Crippen molar-refractivity contribution >= 4 is 6.09 Å². The van der Waals surface area contributed by atoms with E-state index >= 15 is 0 Å². The van der Waals surface area contributed by atoms with Crippen molar-refractivity contribution in [1.29, 1.82) is 0 Å². The van der Waals surface area contributed by atoms with Crippen LogP contribution in [0.1, 0.15) is 5.89 Å². The van der Waals surface area contributed by atoms with Crippen molar-refractivity contribution in [3.8, 4) is 34.3 Å². The van der Waals surface area contributed by atoms with E-state index in [9.17, 15) is 9.90 Å². The number of hydrogen-bond acceptors (Lipinski definition) is 8. The molecule has 0 spiro atoms. The van der Waals surface area contributed by atoms with Crippen LogP contribution in [-0.2, 0) is 6.42 Å². The number of H-pyrrole nitrogens is 1. The van der Waals surface area contributed by atoms with Crippen LogP contribution in [0.2, 0.25) is 0 Å². The highest BCUT2D eigenvalue weighted by Crippen LogP contribution is 2.26. The average molecular weight is 422 g/mol. The molecular weight excluding hydrogens is 404 g/mol. The van der Waals surface area contributed by atoms with Gasteiger partial charge in [0.15, 0.2) is 0 Å². The number of carbonyl (C=O) groups is 1. The van der Waals surface area contributed by atoms with Gasteiger partial charge in [-0.2, -0.15) is 10.1 Å². The third-order valence-corrected chi connectivity index (χ3v) is 4.30. The molecule has 0 bridgehead atoms. The van der Waals surface area contributed by atoms with Crippen molar-refractivity contribution in [2.45, 2.75) is 12.5 Å². The highest BCUT2D eigenvalue weighted by atomic mass is 16.5. The summed E-state index contributed by atoms with van der Waals surface area (Å²) in [6, 6.07) is 11.8. The van der Waals surface area contributed by atoms with Crippen LogP contribution in [0.3, 0.4) is 0 Å². The highest BCUT2D eigenvalue weighted by Gasteiger charge is 2.17. The fourth-order valence-corrected chi connectivity index (χ4v) is 2.84. The van der Waals surface area contributed by atoms with Crippen LogP contribution in [0.25, 0.3) is 22.6 Å².